The van der Waals surface area contributed by atoms with E-state index in [0.29, 0.717) is 0 Å². The van der Waals surface area contributed by atoms with Gasteiger partial charge in [-0.2, -0.15) is 0 Å². The third kappa shape index (κ3) is 4.33. The maximum absolute atomic E-state index is 3.91. The van der Waals surface area contributed by atoms with Gasteiger partial charge in [0.15, 0.2) is 0 Å². The molecule has 3 unspecified atom stereocenters. The van der Waals surface area contributed by atoms with E-state index in [1.807, 2.05) is 0 Å². The van der Waals surface area contributed by atoms with E-state index in [1.54, 1.807) is 5.56 Å². The van der Waals surface area contributed by atoms with Gasteiger partial charge in [0.25, 0.3) is 0 Å². The molecule has 2 aromatic rings. The molecule has 2 aliphatic rings. The van der Waals surface area contributed by atoms with Crippen LogP contribution in [-0.4, -0.2) is 12.6 Å². The Labute approximate surface area is 152 Å². The zero-order chi connectivity index (χ0) is 16.9. The third-order valence-corrected chi connectivity index (χ3v) is 6.41. The Hall–Kier alpha value is -1.60. The Morgan fingerprint density at radius 2 is 1.48 bits per heavy atom. The van der Waals surface area contributed by atoms with E-state index in [9.17, 15) is 0 Å². The predicted molar refractivity (Wildman–Crippen MR) is 106 cm³/mol. The average Bonchev–Trinajstić information content (AvgIpc) is 3.31. The maximum Gasteiger partial charge on any atom is 0.00671 e. The van der Waals surface area contributed by atoms with Crippen LogP contribution in [0.15, 0.2) is 60.7 Å². The largest absolute Gasteiger partial charge is 0.314 e. The first-order chi connectivity index (χ1) is 12.4. The van der Waals surface area contributed by atoms with Crippen molar-refractivity contribution in [3.05, 3.63) is 71.8 Å². The Morgan fingerprint density at radius 3 is 2.20 bits per heavy atom. The smallest absolute Gasteiger partial charge is 0.00671 e. The van der Waals surface area contributed by atoms with E-state index in [1.165, 1.54) is 57.1 Å². The van der Waals surface area contributed by atoms with Crippen molar-refractivity contribution in [3.8, 4) is 0 Å². The second-order valence-corrected chi connectivity index (χ2v) is 8.19. The molecule has 4 rings (SSSR count). The van der Waals surface area contributed by atoms with Gasteiger partial charge in [-0.25, -0.2) is 0 Å². The van der Waals surface area contributed by atoms with Gasteiger partial charge in [0.1, 0.15) is 0 Å². The van der Waals surface area contributed by atoms with Gasteiger partial charge in [-0.1, -0.05) is 73.5 Å². The van der Waals surface area contributed by atoms with Gasteiger partial charge in [-0.15, -0.1) is 0 Å². The van der Waals surface area contributed by atoms with Crippen molar-refractivity contribution in [1.29, 1.82) is 0 Å². The summed E-state index contributed by atoms with van der Waals surface area (Å²) in [5.41, 5.74) is 3.06. The summed E-state index contributed by atoms with van der Waals surface area (Å²) in [7, 11) is 0. The zero-order valence-corrected chi connectivity index (χ0v) is 15.2. The van der Waals surface area contributed by atoms with E-state index >= 15 is 0 Å². The lowest BCUT2D eigenvalue weighted by atomic mass is 9.88. The van der Waals surface area contributed by atoms with Gasteiger partial charge < -0.3 is 5.32 Å². The lowest BCUT2D eigenvalue weighted by Crippen LogP contribution is -2.32. The van der Waals surface area contributed by atoms with Crippen LogP contribution in [0.25, 0.3) is 0 Å². The van der Waals surface area contributed by atoms with E-state index in [0.717, 1.165) is 23.8 Å². The summed E-state index contributed by atoms with van der Waals surface area (Å²) in [6.07, 6.45) is 9.56. The van der Waals surface area contributed by atoms with E-state index in [2.05, 4.69) is 66.0 Å². The minimum Gasteiger partial charge on any atom is -0.314 e. The van der Waals surface area contributed by atoms with Gasteiger partial charge in [0.2, 0.25) is 0 Å². The van der Waals surface area contributed by atoms with E-state index in [-0.39, 0.29) is 0 Å². The molecular formula is C24H31N. The molecule has 2 saturated carbocycles. The molecule has 1 heteroatoms. The summed E-state index contributed by atoms with van der Waals surface area (Å²) in [6.45, 7) is 1.20. The lowest BCUT2D eigenvalue weighted by Gasteiger charge is -2.22. The normalized spacial score (nSPS) is 27.0. The molecule has 3 atom stereocenters. The van der Waals surface area contributed by atoms with Crippen molar-refractivity contribution in [2.24, 2.45) is 11.8 Å². The average molecular weight is 334 g/mol. The van der Waals surface area contributed by atoms with Crippen LogP contribution < -0.4 is 5.32 Å². The summed E-state index contributed by atoms with van der Waals surface area (Å²) in [5.74, 6) is 2.34. The molecule has 2 aromatic carbocycles. The fraction of sp³-hybridized carbons (Fsp3) is 0.500. The molecule has 0 amide bonds. The van der Waals surface area contributed by atoms with Crippen molar-refractivity contribution in [2.45, 2.75) is 56.9 Å². The highest BCUT2D eigenvalue weighted by Crippen LogP contribution is 2.44. The highest BCUT2D eigenvalue weighted by atomic mass is 14.9. The van der Waals surface area contributed by atoms with Crippen molar-refractivity contribution in [3.63, 3.8) is 0 Å². The molecule has 1 N–H and O–H groups in total. The monoisotopic (exact) mass is 333 g/mol. The second-order valence-electron chi connectivity index (χ2n) is 8.19. The van der Waals surface area contributed by atoms with Crippen LogP contribution in [0.2, 0.25) is 0 Å². The summed E-state index contributed by atoms with van der Waals surface area (Å²) < 4.78 is 0. The van der Waals surface area contributed by atoms with Gasteiger partial charge >= 0.3 is 0 Å². The third-order valence-electron chi connectivity index (χ3n) is 6.41. The molecule has 2 aliphatic carbocycles. The van der Waals surface area contributed by atoms with Crippen LogP contribution in [0, 0.1) is 11.8 Å². The molecule has 25 heavy (non-hydrogen) atoms. The first-order valence-electron chi connectivity index (χ1n) is 10.2. The number of nitrogens with one attached hydrogen (secondary N) is 1. The molecule has 2 fully saturated rings. The van der Waals surface area contributed by atoms with Crippen LogP contribution >= 0.6 is 0 Å². The Balaban J connectivity index is 1.43. The molecule has 0 radical (unpaired) electrons. The molecule has 0 aromatic heterocycles. The molecule has 132 valence electrons. The molecule has 0 saturated heterocycles. The number of hydrogen-bond donors (Lipinski definition) is 1. The standard InChI is InChI=1S/C24H31N/c1-3-9-19(10-4-1)15-20-16-22(18-25-23-13-7-8-14-23)24(17-20)21-11-5-2-6-12-21/h1-6,9-12,20,22-25H,7-8,13-18H2. The highest BCUT2D eigenvalue weighted by molar-refractivity contribution is 5.23. The molecular weight excluding hydrogens is 302 g/mol. The van der Waals surface area contributed by atoms with Gasteiger partial charge in [-0.3, -0.25) is 0 Å². The van der Waals surface area contributed by atoms with E-state index in [4.69, 9.17) is 0 Å². The van der Waals surface area contributed by atoms with Crippen molar-refractivity contribution in [1.82, 2.24) is 5.32 Å². The number of hydrogen-bond acceptors (Lipinski definition) is 1. The summed E-state index contributed by atoms with van der Waals surface area (Å²) >= 11 is 0. The summed E-state index contributed by atoms with van der Waals surface area (Å²) in [4.78, 5) is 0. The van der Waals surface area contributed by atoms with Crippen molar-refractivity contribution < 1.29 is 0 Å². The minimum atomic E-state index is 0.726. The van der Waals surface area contributed by atoms with Crippen molar-refractivity contribution in [2.75, 3.05) is 6.54 Å². The topological polar surface area (TPSA) is 12.0 Å². The van der Waals surface area contributed by atoms with Crippen LogP contribution in [-0.2, 0) is 6.42 Å². The fourth-order valence-corrected chi connectivity index (χ4v) is 5.14. The van der Waals surface area contributed by atoms with Crippen LogP contribution in [0.5, 0.6) is 0 Å². The zero-order valence-electron chi connectivity index (χ0n) is 15.2. The Morgan fingerprint density at radius 1 is 0.800 bits per heavy atom. The highest BCUT2D eigenvalue weighted by Gasteiger charge is 2.35. The number of benzene rings is 2. The summed E-state index contributed by atoms with van der Waals surface area (Å²) in [5, 5.41) is 3.91. The molecule has 0 bridgehead atoms. The number of rotatable bonds is 6. The Kier molecular flexibility index (Phi) is 5.52. The Bertz CT molecular complexity index is 630. The summed E-state index contributed by atoms with van der Waals surface area (Å²) in [6, 6.07) is 23.1. The quantitative estimate of drug-likeness (QED) is 0.728. The predicted octanol–water partition coefficient (Wildman–Crippen LogP) is 5.57. The van der Waals surface area contributed by atoms with Gasteiger partial charge in [-0.05, 0) is 67.5 Å². The van der Waals surface area contributed by atoms with Crippen LogP contribution in [0.3, 0.4) is 0 Å². The molecule has 0 aliphatic heterocycles. The molecule has 0 spiro atoms. The SMILES string of the molecule is c1ccc(CC2CC(CNC3CCCC3)C(c3ccccc3)C2)cc1. The molecule has 0 heterocycles. The van der Waals surface area contributed by atoms with Crippen LogP contribution in [0.4, 0.5) is 0 Å². The maximum atomic E-state index is 3.91. The molecule has 1 nitrogen and oxygen atoms in total. The van der Waals surface area contributed by atoms with Gasteiger partial charge in [0.05, 0.1) is 0 Å². The van der Waals surface area contributed by atoms with Gasteiger partial charge in [0, 0.05) is 6.04 Å². The second kappa shape index (κ2) is 8.19. The van der Waals surface area contributed by atoms with Crippen molar-refractivity contribution >= 4 is 0 Å². The first kappa shape index (κ1) is 16.8. The van der Waals surface area contributed by atoms with E-state index < -0.39 is 0 Å². The first-order valence-corrected chi connectivity index (χ1v) is 10.2. The fourth-order valence-electron chi connectivity index (χ4n) is 5.14. The van der Waals surface area contributed by atoms with Crippen LogP contribution in [0.1, 0.15) is 55.6 Å². The lowest BCUT2D eigenvalue weighted by molar-refractivity contribution is 0.398. The minimum absolute atomic E-state index is 0.726.